The number of hydrogen-bond acceptors (Lipinski definition) is 3. The van der Waals surface area contributed by atoms with Gasteiger partial charge in [-0.25, -0.2) is 4.39 Å². The van der Waals surface area contributed by atoms with Crippen molar-refractivity contribution in [1.29, 1.82) is 0 Å². The number of nitro benzene ring substituents is 1. The molecular formula is C11H7BrFN3O3. The molecule has 6 nitrogen and oxygen atoms in total. The first kappa shape index (κ1) is 13.2. The van der Waals surface area contributed by atoms with Crippen LogP contribution in [0.2, 0.25) is 0 Å². The molecule has 0 saturated carbocycles. The molecule has 98 valence electrons. The fraction of sp³-hybridized carbons (Fsp3) is 0. The van der Waals surface area contributed by atoms with Crippen LogP contribution in [0, 0.1) is 15.9 Å². The lowest BCUT2D eigenvalue weighted by Gasteiger charge is -2.04. The Morgan fingerprint density at radius 3 is 2.74 bits per heavy atom. The first-order valence-electron chi connectivity index (χ1n) is 5.06. The van der Waals surface area contributed by atoms with Crippen LogP contribution in [0.4, 0.5) is 15.8 Å². The number of nitrogens with one attached hydrogen (secondary N) is 2. The van der Waals surface area contributed by atoms with Gasteiger partial charge in [0.25, 0.3) is 11.6 Å². The minimum Gasteiger partial charge on any atom is -0.356 e. The normalized spacial score (nSPS) is 10.2. The number of carbonyl (C=O) groups is 1. The largest absolute Gasteiger partial charge is 0.356 e. The number of rotatable bonds is 3. The summed E-state index contributed by atoms with van der Waals surface area (Å²) in [6.07, 6.45) is 1.55. The van der Waals surface area contributed by atoms with Crippen molar-refractivity contribution in [3.05, 3.63) is 56.6 Å². The van der Waals surface area contributed by atoms with Crippen molar-refractivity contribution in [1.82, 2.24) is 4.98 Å². The summed E-state index contributed by atoms with van der Waals surface area (Å²) in [5.41, 5.74) is -0.341. The molecule has 2 N–H and O–H groups in total. The monoisotopic (exact) mass is 327 g/mol. The van der Waals surface area contributed by atoms with E-state index >= 15 is 0 Å². The van der Waals surface area contributed by atoms with Crippen molar-refractivity contribution in [2.45, 2.75) is 0 Å². The molecule has 1 aromatic carbocycles. The van der Waals surface area contributed by atoms with E-state index in [1.165, 1.54) is 6.07 Å². The number of aromatic amines is 1. The zero-order valence-corrected chi connectivity index (χ0v) is 10.9. The van der Waals surface area contributed by atoms with E-state index in [-0.39, 0.29) is 11.4 Å². The van der Waals surface area contributed by atoms with E-state index in [1.54, 1.807) is 6.20 Å². The van der Waals surface area contributed by atoms with Crippen LogP contribution in [0.3, 0.4) is 0 Å². The molecule has 1 heterocycles. The van der Waals surface area contributed by atoms with Crippen molar-refractivity contribution in [3.63, 3.8) is 0 Å². The third kappa shape index (κ3) is 2.97. The lowest BCUT2D eigenvalue weighted by molar-refractivity contribution is -0.384. The third-order valence-electron chi connectivity index (χ3n) is 2.30. The van der Waals surface area contributed by atoms with E-state index in [0.717, 1.165) is 18.2 Å². The van der Waals surface area contributed by atoms with Crippen LogP contribution in [0.5, 0.6) is 0 Å². The van der Waals surface area contributed by atoms with Crippen LogP contribution in [0.1, 0.15) is 10.5 Å². The second-order valence-corrected chi connectivity index (χ2v) is 4.52. The first-order chi connectivity index (χ1) is 8.97. The quantitative estimate of drug-likeness (QED) is 0.670. The number of aromatic nitrogens is 1. The third-order valence-corrected chi connectivity index (χ3v) is 2.75. The highest BCUT2D eigenvalue weighted by molar-refractivity contribution is 9.10. The average molecular weight is 328 g/mol. The molecular weight excluding hydrogens is 321 g/mol. The topological polar surface area (TPSA) is 88.0 Å². The van der Waals surface area contributed by atoms with Crippen molar-refractivity contribution < 1.29 is 14.1 Å². The van der Waals surface area contributed by atoms with Gasteiger partial charge in [-0.2, -0.15) is 0 Å². The highest BCUT2D eigenvalue weighted by Gasteiger charge is 2.18. The summed E-state index contributed by atoms with van der Waals surface area (Å²) in [4.78, 5) is 24.5. The molecule has 2 rings (SSSR count). The summed E-state index contributed by atoms with van der Waals surface area (Å²) in [5, 5.41) is 13.1. The van der Waals surface area contributed by atoms with Gasteiger partial charge in [0.1, 0.15) is 17.2 Å². The fourth-order valence-electron chi connectivity index (χ4n) is 1.45. The summed E-state index contributed by atoms with van der Waals surface area (Å²) < 4.78 is 13.6. The molecule has 0 aliphatic heterocycles. The van der Waals surface area contributed by atoms with Gasteiger partial charge in [-0.05, 0) is 34.1 Å². The van der Waals surface area contributed by atoms with Gasteiger partial charge in [0, 0.05) is 10.7 Å². The van der Waals surface area contributed by atoms with Gasteiger partial charge < -0.3 is 10.3 Å². The smallest absolute Gasteiger partial charge is 0.295 e. The molecule has 0 saturated heterocycles. The Hall–Kier alpha value is -2.22. The van der Waals surface area contributed by atoms with Crippen molar-refractivity contribution in [3.8, 4) is 0 Å². The molecule has 2 aromatic rings. The summed E-state index contributed by atoms with van der Waals surface area (Å²) in [6.45, 7) is 0. The highest BCUT2D eigenvalue weighted by atomic mass is 79.9. The summed E-state index contributed by atoms with van der Waals surface area (Å²) >= 11 is 3.16. The molecule has 0 bridgehead atoms. The maximum Gasteiger partial charge on any atom is 0.295 e. The predicted octanol–water partition coefficient (Wildman–Crippen LogP) is 3.08. The Labute approximate surface area is 114 Å². The standard InChI is InChI=1S/C11H7BrFN3O3/c12-6-3-9(14-5-6)11(17)15-8-2-1-7(13)4-10(8)16(18)19/h1-5,14H,(H,15,17). The van der Waals surface area contributed by atoms with Crippen LogP contribution in [0.15, 0.2) is 34.9 Å². The minimum atomic E-state index is -0.761. The molecule has 1 amide bonds. The number of nitrogens with zero attached hydrogens (tertiary/aromatic N) is 1. The molecule has 0 unspecified atom stereocenters. The second kappa shape index (κ2) is 5.19. The van der Waals surface area contributed by atoms with Gasteiger partial charge in [-0.3, -0.25) is 14.9 Å². The Bertz CT molecular complexity index is 656. The second-order valence-electron chi connectivity index (χ2n) is 3.60. The molecule has 0 aliphatic carbocycles. The molecule has 0 spiro atoms. The lowest BCUT2D eigenvalue weighted by Crippen LogP contribution is -2.13. The average Bonchev–Trinajstić information content (AvgIpc) is 2.78. The molecule has 8 heteroatoms. The predicted molar refractivity (Wildman–Crippen MR) is 69.5 cm³/mol. The lowest BCUT2D eigenvalue weighted by atomic mass is 10.2. The number of anilines is 1. The van der Waals surface area contributed by atoms with Crippen LogP contribution >= 0.6 is 15.9 Å². The van der Waals surface area contributed by atoms with Crippen LogP contribution < -0.4 is 5.32 Å². The number of halogens is 2. The van der Waals surface area contributed by atoms with Gasteiger partial charge >= 0.3 is 0 Å². The molecule has 0 fully saturated rings. The summed E-state index contributed by atoms with van der Waals surface area (Å²) in [6, 6.07) is 4.45. The Morgan fingerprint density at radius 1 is 1.42 bits per heavy atom. The number of nitro groups is 1. The van der Waals surface area contributed by atoms with E-state index in [4.69, 9.17) is 0 Å². The van der Waals surface area contributed by atoms with E-state index in [9.17, 15) is 19.3 Å². The number of H-pyrrole nitrogens is 1. The molecule has 19 heavy (non-hydrogen) atoms. The van der Waals surface area contributed by atoms with Gasteiger partial charge in [0.15, 0.2) is 0 Å². The van der Waals surface area contributed by atoms with Crippen LogP contribution in [-0.4, -0.2) is 15.8 Å². The van der Waals surface area contributed by atoms with Gasteiger partial charge in [0.2, 0.25) is 0 Å². The maximum absolute atomic E-state index is 12.9. The molecule has 0 radical (unpaired) electrons. The fourth-order valence-corrected chi connectivity index (χ4v) is 1.79. The summed E-state index contributed by atoms with van der Waals surface area (Å²) in [5.74, 6) is -1.30. The zero-order chi connectivity index (χ0) is 14.0. The Kier molecular flexibility index (Phi) is 3.61. The Morgan fingerprint density at radius 2 is 2.16 bits per heavy atom. The van der Waals surface area contributed by atoms with Crippen molar-refractivity contribution >= 4 is 33.2 Å². The number of amides is 1. The molecule has 1 aromatic heterocycles. The molecule has 0 atom stereocenters. The minimum absolute atomic E-state index is 0.0675. The van der Waals surface area contributed by atoms with E-state index in [0.29, 0.717) is 4.47 Å². The first-order valence-corrected chi connectivity index (χ1v) is 5.86. The van der Waals surface area contributed by atoms with Gasteiger partial charge in [-0.1, -0.05) is 0 Å². The number of carbonyl (C=O) groups excluding carboxylic acids is 1. The maximum atomic E-state index is 12.9. The van der Waals surface area contributed by atoms with E-state index in [1.807, 2.05) is 0 Å². The van der Waals surface area contributed by atoms with Crippen molar-refractivity contribution in [2.24, 2.45) is 0 Å². The van der Waals surface area contributed by atoms with E-state index < -0.39 is 22.3 Å². The Balaban J connectivity index is 2.28. The van der Waals surface area contributed by atoms with E-state index in [2.05, 4.69) is 26.2 Å². The molecule has 0 aliphatic rings. The zero-order valence-electron chi connectivity index (χ0n) is 9.31. The summed E-state index contributed by atoms with van der Waals surface area (Å²) in [7, 11) is 0. The number of hydrogen-bond donors (Lipinski definition) is 2. The SMILES string of the molecule is O=C(Nc1ccc(F)cc1[N+](=O)[O-])c1cc(Br)c[nH]1. The van der Waals surface area contributed by atoms with Crippen molar-refractivity contribution in [2.75, 3.05) is 5.32 Å². The van der Waals surface area contributed by atoms with Gasteiger partial charge in [-0.15, -0.1) is 0 Å². The van der Waals surface area contributed by atoms with Crippen LogP contribution in [0.25, 0.3) is 0 Å². The highest BCUT2D eigenvalue weighted by Crippen LogP contribution is 2.25. The number of benzene rings is 1. The van der Waals surface area contributed by atoms with Gasteiger partial charge in [0.05, 0.1) is 11.0 Å². The van der Waals surface area contributed by atoms with Crippen LogP contribution in [-0.2, 0) is 0 Å².